The molecule has 21 heavy (non-hydrogen) atoms. The molecular formula is C13H13FN2O4S. The monoisotopic (exact) mass is 312 g/mol. The zero-order valence-electron chi connectivity index (χ0n) is 11.3. The van der Waals surface area contributed by atoms with Gasteiger partial charge in [-0.25, -0.2) is 12.8 Å². The van der Waals surface area contributed by atoms with E-state index in [1.807, 2.05) is 0 Å². The normalized spacial score (nSPS) is 12.9. The molecule has 0 fully saturated rings. The largest absolute Gasteiger partial charge is 0.360 e. The van der Waals surface area contributed by atoms with Gasteiger partial charge in [-0.15, -0.1) is 0 Å². The fourth-order valence-corrected chi connectivity index (χ4v) is 2.89. The Hall–Kier alpha value is -2.22. The van der Waals surface area contributed by atoms with Crippen molar-refractivity contribution >= 4 is 21.6 Å². The number of halogens is 1. The van der Waals surface area contributed by atoms with Crippen LogP contribution in [0, 0.1) is 12.7 Å². The number of sulfone groups is 1. The highest BCUT2D eigenvalue weighted by Crippen LogP contribution is 2.18. The van der Waals surface area contributed by atoms with Crippen molar-refractivity contribution < 1.29 is 22.1 Å². The Labute approximate surface area is 120 Å². The van der Waals surface area contributed by atoms with E-state index < -0.39 is 26.8 Å². The molecule has 0 aliphatic rings. The van der Waals surface area contributed by atoms with E-state index in [2.05, 4.69) is 10.5 Å². The molecule has 0 unspecified atom stereocenters. The summed E-state index contributed by atoms with van der Waals surface area (Å²) < 4.78 is 42.1. The van der Waals surface area contributed by atoms with Gasteiger partial charge in [0.1, 0.15) is 16.8 Å². The van der Waals surface area contributed by atoms with Crippen LogP contribution in [-0.4, -0.2) is 24.7 Å². The number of carbonyl (C=O) groups is 1. The van der Waals surface area contributed by atoms with Crippen LogP contribution in [-0.2, 0) is 14.6 Å². The zero-order valence-corrected chi connectivity index (χ0v) is 12.1. The van der Waals surface area contributed by atoms with Crippen molar-refractivity contribution in [3.63, 3.8) is 0 Å². The molecule has 0 saturated heterocycles. The van der Waals surface area contributed by atoms with Gasteiger partial charge in [-0.2, -0.15) is 0 Å². The Morgan fingerprint density at radius 1 is 1.33 bits per heavy atom. The Bertz CT molecular complexity index is 753. The van der Waals surface area contributed by atoms with Crippen LogP contribution in [0.5, 0.6) is 0 Å². The number of hydrogen-bond donors (Lipinski definition) is 1. The zero-order chi connectivity index (χ0) is 15.6. The van der Waals surface area contributed by atoms with Gasteiger partial charge in [0, 0.05) is 6.07 Å². The molecule has 1 aromatic carbocycles. The maximum Gasteiger partial charge on any atom is 0.244 e. The van der Waals surface area contributed by atoms with E-state index >= 15 is 0 Å². The molecule has 1 aromatic heterocycles. The number of anilines is 1. The van der Waals surface area contributed by atoms with Crippen LogP contribution in [0.15, 0.2) is 39.8 Å². The Balaban J connectivity index is 2.19. The van der Waals surface area contributed by atoms with Crippen LogP contribution in [0.3, 0.4) is 0 Å². The molecule has 8 heteroatoms. The van der Waals surface area contributed by atoms with Crippen molar-refractivity contribution in [2.24, 2.45) is 0 Å². The molecule has 6 nitrogen and oxygen atoms in total. The van der Waals surface area contributed by atoms with E-state index in [0.29, 0.717) is 5.76 Å². The second kappa shape index (κ2) is 5.65. The average Bonchev–Trinajstić information content (AvgIpc) is 2.83. The van der Waals surface area contributed by atoms with Crippen molar-refractivity contribution in [2.75, 3.05) is 5.32 Å². The number of amides is 1. The van der Waals surface area contributed by atoms with Crippen molar-refractivity contribution in [3.05, 3.63) is 41.9 Å². The third kappa shape index (κ3) is 3.27. The van der Waals surface area contributed by atoms with E-state index in [4.69, 9.17) is 4.52 Å². The lowest BCUT2D eigenvalue weighted by Gasteiger charge is -2.12. The topological polar surface area (TPSA) is 89.3 Å². The lowest BCUT2D eigenvalue weighted by molar-refractivity contribution is -0.115. The predicted molar refractivity (Wildman–Crippen MR) is 72.9 cm³/mol. The van der Waals surface area contributed by atoms with E-state index in [1.165, 1.54) is 13.0 Å². The van der Waals surface area contributed by atoms with Crippen molar-refractivity contribution in [2.45, 2.75) is 24.0 Å². The van der Waals surface area contributed by atoms with Gasteiger partial charge in [-0.3, -0.25) is 4.79 Å². The van der Waals surface area contributed by atoms with Crippen molar-refractivity contribution in [3.8, 4) is 0 Å². The number of carbonyl (C=O) groups excluding carboxylic acids is 1. The summed E-state index contributed by atoms with van der Waals surface area (Å²) in [4.78, 5) is 11.8. The standard InChI is InChI=1S/C13H13FN2O4S/c1-8-7-12(16-20-8)15-13(17)9(2)21(18,19)11-5-3-10(14)4-6-11/h3-7,9H,1-2H3,(H,15,16,17)/t9-/m1/s1. The maximum absolute atomic E-state index is 12.8. The van der Waals surface area contributed by atoms with Crippen LogP contribution >= 0.6 is 0 Å². The van der Waals surface area contributed by atoms with Gasteiger partial charge in [0.05, 0.1) is 4.90 Å². The first kappa shape index (κ1) is 15.2. The molecule has 0 radical (unpaired) electrons. The SMILES string of the molecule is Cc1cc(NC(=O)[C@@H](C)S(=O)(=O)c2ccc(F)cc2)no1. The predicted octanol–water partition coefficient (Wildman–Crippen LogP) is 1.92. The first-order chi connectivity index (χ1) is 9.80. The van der Waals surface area contributed by atoms with Gasteiger partial charge in [0.15, 0.2) is 15.7 Å². The number of aromatic nitrogens is 1. The van der Waals surface area contributed by atoms with Crippen molar-refractivity contribution in [1.82, 2.24) is 5.16 Å². The number of nitrogens with zero attached hydrogens (tertiary/aromatic N) is 1. The van der Waals surface area contributed by atoms with E-state index in [-0.39, 0.29) is 10.7 Å². The molecule has 1 heterocycles. The summed E-state index contributed by atoms with van der Waals surface area (Å²) in [5.41, 5.74) is 0. The van der Waals surface area contributed by atoms with E-state index in [1.54, 1.807) is 6.92 Å². The first-order valence-corrected chi connectivity index (χ1v) is 7.59. The highest BCUT2D eigenvalue weighted by atomic mass is 32.2. The second-order valence-electron chi connectivity index (χ2n) is 4.45. The molecule has 2 rings (SSSR count). The smallest absolute Gasteiger partial charge is 0.244 e. The number of benzene rings is 1. The average molecular weight is 312 g/mol. The number of nitrogens with one attached hydrogen (secondary N) is 1. The Morgan fingerprint density at radius 2 is 1.95 bits per heavy atom. The Morgan fingerprint density at radius 3 is 2.48 bits per heavy atom. The third-order valence-corrected chi connectivity index (χ3v) is 4.93. The number of hydrogen-bond acceptors (Lipinski definition) is 5. The number of rotatable bonds is 4. The van der Waals surface area contributed by atoms with E-state index in [0.717, 1.165) is 24.3 Å². The van der Waals surface area contributed by atoms with Crippen LogP contribution in [0.1, 0.15) is 12.7 Å². The first-order valence-electron chi connectivity index (χ1n) is 6.04. The van der Waals surface area contributed by atoms with Crippen LogP contribution < -0.4 is 5.32 Å². The van der Waals surface area contributed by atoms with Gasteiger partial charge in [-0.1, -0.05) is 5.16 Å². The summed E-state index contributed by atoms with van der Waals surface area (Å²) in [6.45, 7) is 2.89. The fraction of sp³-hybridized carbons (Fsp3) is 0.231. The van der Waals surface area contributed by atoms with Crippen LogP contribution in [0.2, 0.25) is 0 Å². The van der Waals surface area contributed by atoms with Crippen LogP contribution in [0.4, 0.5) is 10.2 Å². The third-order valence-electron chi connectivity index (χ3n) is 2.86. The van der Waals surface area contributed by atoms with Gasteiger partial charge in [0.25, 0.3) is 0 Å². The molecule has 0 aliphatic carbocycles. The maximum atomic E-state index is 12.8. The molecule has 0 spiro atoms. The fourth-order valence-electron chi connectivity index (χ4n) is 1.62. The summed E-state index contributed by atoms with van der Waals surface area (Å²) in [6.07, 6.45) is 0. The molecule has 1 amide bonds. The molecule has 0 saturated carbocycles. The quantitative estimate of drug-likeness (QED) is 0.871. The van der Waals surface area contributed by atoms with Gasteiger partial charge in [0.2, 0.25) is 5.91 Å². The minimum absolute atomic E-state index is 0.122. The molecule has 0 bridgehead atoms. The molecule has 1 atom stereocenters. The van der Waals surface area contributed by atoms with Crippen molar-refractivity contribution in [1.29, 1.82) is 0 Å². The molecular weight excluding hydrogens is 299 g/mol. The highest BCUT2D eigenvalue weighted by molar-refractivity contribution is 7.92. The number of aryl methyl sites for hydroxylation is 1. The van der Waals surface area contributed by atoms with Gasteiger partial charge >= 0.3 is 0 Å². The summed E-state index contributed by atoms with van der Waals surface area (Å²) >= 11 is 0. The second-order valence-corrected chi connectivity index (χ2v) is 6.72. The van der Waals surface area contributed by atoms with E-state index in [9.17, 15) is 17.6 Å². The molecule has 1 N–H and O–H groups in total. The van der Waals surface area contributed by atoms with Gasteiger partial charge < -0.3 is 9.84 Å². The summed E-state index contributed by atoms with van der Waals surface area (Å²) in [7, 11) is -3.91. The van der Waals surface area contributed by atoms with Crippen LogP contribution in [0.25, 0.3) is 0 Å². The minimum atomic E-state index is -3.91. The molecule has 0 aliphatic heterocycles. The lowest BCUT2D eigenvalue weighted by atomic mass is 10.3. The lowest BCUT2D eigenvalue weighted by Crippen LogP contribution is -2.32. The summed E-state index contributed by atoms with van der Waals surface area (Å²) in [5, 5.41) is 4.56. The summed E-state index contributed by atoms with van der Waals surface area (Å²) in [5.74, 6) is -0.672. The van der Waals surface area contributed by atoms with Gasteiger partial charge in [-0.05, 0) is 38.1 Å². The molecule has 2 aromatic rings. The summed E-state index contributed by atoms with van der Waals surface area (Å²) in [6, 6.07) is 5.76. The molecule has 112 valence electrons. The highest BCUT2D eigenvalue weighted by Gasteiger charge is 2.30. The Kier molecular flexibility index (Phi) is 4.08. The minimum Gasteiger partial charge on any atom is -0.360 e.